The molecule has 0 saturated heterocycles. The number of benzene rings is 1. The Morgan fingerprint density at radius 1 is 1.23 bits per heavy atom. The van der Waals surface area contributed by atoms with Crippen molar-refractivity contribution < 1.29 is 35.2 Å². The zero-order valence-electron chi connectivity index (χ0n) is 15.5. The van der Waals surface area contributed by atoms with Gasteiger partial charge in [0.25, 0.3) is 5.91 Å². The summed E-state index contributed by atoms with van der Waals surface area (Å²) in [6, 6.07) is 2.58. The third-order valence-corrected chi connectivity index (χ3v) is 7.34. The summed E-state index contributed by atoms with van der Waals surface area (Å²) >= 11 is 5.52. The highest BCUT2D eigenvalue weighted by atomic mass is 35.5. The predicted octanol–water partition coefficient (Wildman–Crippen LogP) is 4.72. The van der Waals surface area contributed by atoms with Gasteiger partial charge in [0.1, 0.15) is 5.69 Å². The molecule has 0 radical (unpaired) electrons. The van der Waals surface area contributed by atoms with Crippen LogP contribution in [0.2, 0.25) is 5.02 Å². The fraction of sp³-hybridized carbons (Fsp3) is 0.389. The Bertz CT molecular complexity index is 1080. The molecule has 1 saturated carbocycles. The number of halogens is 6. The van der Waals surface area contributed by atoms with Crippen molar-refractivity contribution in [2.45, 2.75) is 30.3 Å². The van der Waals surface area contributed by atoms with Crippen LogP contribution in [0.3, 0.4) is 0 Å². The molecule has 1 aromatic heterocycles. The number of alkyl halides is 3. The van der Waals surface area contributed by atoms with E-state index in [0.717, 1.165) is 22.9 Å². The number of anilines is 1. The topological polar surface area (TPSA) is 68.2 Å². The number of sulfone groups is 1. The van der Waals surface area contributed by atoms with Gasteiger partial charge in [-0.1, -0.05) is 18.0 Å². The van der Waals surface area contributed by atoms with Gasteiger partial charge in [-0.2, -0.15) is 13.2 Å². The molecule has 3 rings (SSSR count). The number of nitrogens with one attached hydrogen (secondary N) is 1. The smallest absolute Gasteiger partial charge is 0.345 e. The number of carbonyl (C=O) groups excluding carboxylic acids is 1. The molecule has 1 aliphatic rings. The fourth-order valence-electron chi connectivity index (χ4n) is 3.31. The van der Waals surface area contributed by atoms with Crippen LogP contribution >= 0.6 is 11.6 Å². The maximum Gasteiger partial charge on any atom is 0.395 e. The van der Waals surface area contributed by atoms with Gasteiger partial charge in [-0.05, 0) is 25.0 Å². The Balaban J connectivity index is 1.85. The van der Waals surface area contributed by atoms with Crippen LogP contribution in [0.25, 0.3) is 0 Å². The lowest BCUT2D eigenvalue weighted by atomic mass is 9.70. The molecule has 0 spiro atoms. The fourth-order valence-corrected chi connectivity index (χ4v) is 5.48. The minimum Gasteiger partial charge on any atom is -0.345 e. The molecule has 0 aliphatic heterocycles. The number of nitrogens with zero attached hydrogens (tertiary/aromatic N) is 1. The zero-order valence-corrected chi connectivity index (χ0v) is 17.1. The van der Waals surface area contributed by atoms with E-state index in [0.29, 0.717) is 6.07 Å². The van der Waals surface area contributed by atoms with E-state index in [2.05, 4.69) is 5.32 Å². The van der Waals surface area contributed by atoms with Gasteiger partial charge in [0.15, 0.2) is 21.5 Å². The van der Waals surface area contributed by atoms with Crippen molar-refractivity contribution in [3.8, 4) is 0 Å². The largest absolute Gasteiger partial charge is 0.395 e. The highest BCUT2D eigenvalue weighted by Crippen LogP contribution is 2.54. The summed E-state index contributed by atoms with van der Waals surface area (Å²) in [6.45, 7) is 0. The quantitative estimate of drug-likeness (QED) is 0.508. The van der Waals surface area contributed by atoms with Crippen LogP contribution in [0, 0.1) is 17.0 Å². The summed E-state index contributed by atoms with van der Waals surface area (Å²) in [5.74, 6) is -4.58. The predicted molar refractivity (Wildman–Crippen MR) is 99.1 cm³/mol. The number of aryl methyl sites for hydroxylation is 1. The SMILES string of the molecule is Cn1cc(S(=O)(=O)CC2(C(F)(F)F)CCC2)cc1C(=O)Nc1cc(F)c(F)c(Cl)c1. The van der Waals surface area contributed by atoms with Crippen LogP contribution in [0.1, 0.15) is 29.8 Å². The Morgan fingerprint density at radius 3 is 2.37 bits per heavy atom. The molecule has 1 aromatic carbocycles. The second-order valence-corrected chi connectivity index (χ2v) is 9.67. The van der Waals surface area contributed by atoms with Crippen molar-refractivity contribution in [3.05, 3.63) is 46.7 Å². The molecule has 1 fully saturated rings. The van der Waals surface area contributed by atoms with E-state index in [1.165, 1.54) is 7.05 Å². The van der Waals surface area contributed by atoms with Crippen molar-refractivity contribution >= 4 is 33.0 Å². The Kier molecular flexibility index (Phi) is 5.65. The lowest BCUT2D eigenvalue weighted by Crippen LogP contribution is -2.48. The van der Waals surface area contributed by atoms with Gasteiger partial charge in [0, 0.05) is 25.0 Å². The minimum absolute atomic E-state index is 0.181. The number of amides is 1. The van der Waals surface area contributed by atoms with Gasteiger partial charge in [-0.25, -0.2) is 17.2 Å². The number of hydrogen-bond donors (Lipinski definition) is 1. The van der Waals surface area contributed by atoms with Crippen molar-refractivity contribution in [1.29, 1.82) is 0 Å². The van der Waals surface area contributed by atoms with Gasteiger partial charge in [-0.3, -0.25) is 4.79 Å². The van der Waals surface area contributed by atoms with Gasteiger partial charge in [-0.15, -0.1) is 0 Å². The van der Waals surface area contributed by atoms with E-state index in [4.69, 9.17) is 11.6 Å². The van der Waals surface area contributed by atoms with Gasteiger partial charge >= 0.3 is 6.18 Å². The molecule has 164 valence electrons. The molecule has 5 nitrogen and oxygen atoms in total. The average Bonchev–Trinajstić information content (AvgIpc) is 2.97. The van der Waals surface area contributed by atoms with Crippen LogP contribution < -0.4 is 5.32 Å². The number of rotatable bonds is 5. The molecule has 0 unspecified atom stereocenters. The van der Waals surface area contributed by atoms with E-state index in [-0.39, 0.29) is 30.6 Å². The van der Waals surface area contributed by atoms with Crippen molar-refractivity contribution in [2.75, 3.05) is 11.1 Å². The lowest BCUT2D eigenvalue weighted by Gasteiger charge is -2.42. The van der Waals surface area contributed by atoms with Crippen LogP contribution in [0.5, 0.6) is 0 Å². The Labute approximate surface area is 173 Å². The summed E-state index contributed by atoms with van der Waals surface area (Å²) in [7, 11) is -3.01. The zero-order chi connectivity index (χ0) is 22.5. The molecular weight excluding hydrogens is 455 g/mol. The third-order valence-electron chi connectivity index (χ3n) is 5.19. The van der Waals surface area contributed by atoms with Crippen LogP contribution in [0.4, 0.5) is 27.6 Å². The highest BCUT2D eigenvalue weighted by Gasteiger charge is 2.60. The molecule has 1 N–H and O–H groups in total. The Morgan fingerprint density at radius 2 is 1.87 bits per heavy atom. The normalized spacial score (nSPS) is 16.2. The van der Waals surface area contributed by atoms with Crippen molar-refractivity contribution in [2.24, 2.45) is 12.5 Å². The molecule has 0 atom stereocenters. The second kappa shape index (κ2) is 7.52. The highest BCUT2D eigenvalue weighted by molar-refractivity contribution is 7.91. The van der Waals surface area contributed by atoms with Crippen molar-refractivity contribution in [1.82, 2.24) is 4.57 Å². The van der Waals surface area contributed by atoms with E-state index in [1.54, 1.807) is 0 Å². The molecule has 1 amide bonds. The molecule has 2 aromatic rings. The summed E-state index contributed by atoms with van der Waals surface area (Å²) in [5.41, 5.74) is -2.67. The van der Waals surface area contributed by atoms with Gasteiger partial charge in [0.2, 0.25) is 0 Å². The van der Waals surface area contributed by atoms with Gasteiger partial charge < -0.3 is 9.88 Å². The second-order valence-electron chi connectivity index (χ2n) is 7.27. The molecule has 30 heavy (non-hydrogen) atoms. The van der Waals surface area contributed by atoms with Crippen molar-refractivity contribution in [3.63, 3.8) is 0 Å². The monoisotopic (exact) mass is 470 g/mol. The van der Waals surface area contributed by atoms with E-state index >= 15 is 0 Å². The summed E-state index contributed by atoms with van der Waals surface area (Å²) in [4.78, 5) is 12.0. The van der Waals surface area contributed by atoms with Crippen LogP contribution in [-0.4, -0.2) is 30.8 Å². The molecule has 1 heterocycles. The van der Waals surface area contributed by atoms with E-state index < -0.39 is 54.6 Å². The number of hydrogen-bond acceptors (Lipinski definition) is 3. The maximum atomic E-state index is 13.4. The summed E-state index contributed by atoms with van der Waals surface area (Å²) in [5, 5.41) is 1.67. The van der Waals surface area contributed by atoms with E-state index in [1.807, 2.05) is 0 Å². The van der Waals surface area contributed by atoms with Gasteiger partial charge in [0.05, 0.1) is 21.1 Å². The first-order chi connectivity index (χ1) is 13.8. The molecular formula is C18H16ClF5N2O3S. The first-order valence-electron chi connectivity index (χ1n) is 8.67. The number of carbonyl (C=O) groups is 1. The summed E-state index contributed by atoms with van der Waals surface area (Å²) < 4.78 is 93.1. The molecule has 12 heteroatoms. The van der Waals surface area contributed by atoms with Crippen LogP contribution in [0.15, 0.2) is 29.3 Å². The average molecular weight is 471 g/mol. The third kappa shape index (κ3) is 4.04. The first-order valence-corrected chi connectivity index (χ1v) is 10.7. The minimum atomic E-state index is -4.65. The maximum absolute atomic E-state index is 13.4. The molecule has 0 bridgehead atoms. The first kappa shape index (κ1) is 22.5. The summed E-state index contributed by atoms with van der Waals surface area (Å²) in [6.07, 6.45) is -3.88. The van der Waals surface area contributed by atoms with E-state index in [9.17, 15) is 35.2 Å². The number of aromatic nitrogens is 1. The molecule has 1 aliphatic carbocycles. The van der Waals surface area contributed by atoms with Crippen LogP contribution in [-0.2, 0) is 16.9 Å². The Hall–Kier alpha value is -2.14. The lowest BCUT2D eigenvalue weighted by molar-refractivity contribution is -0.241. The standard InChI is InChI=1S/C18H16ClF5N2O3S/c1-26-8-11(30(28,29)9-17(3-2-4-17)18(22,23)24)7-14(26)16(27)25-10-5-12(19)15(21)13(20)6-10/h5-8H,2-4,9H2,1H3,(H,25,27).